The van der Waals surface area contributed by atoms with E-state index in [2.05, 4.69) is 15.3 Å². The fourth-order valence-electron chi connectivity index (χ4n) is 2.27. The van der Waals surface area contributed by atoms with E-state index >= 15 is 0 Å². The van der Waals surface area contributed by atoms with Crippen molar-refractivity contribution in [3.8, 4) is 0 Å². The Hall–Kier alpha value is -3.48. The van der Waals surface area contributed by atoms with Crippen LogP contribution in [0.4, 0.5) is 0 Å². The van der Waals surface area contributed by atoms with Crippen LogP contribution in [-0.2, 0) is 4.74 Å². The third kappa shape index (κ3) is 2.87. The molecule has 2 N–H and O–H groups in total. The SMILES string of the molecule is CNC(=O)c1cc(C(=O)OC(=O)c2cccc3[nH]ccc23)ccn1. The normalized spacial score (nSPS) is 10.4. The molecule has 3 aromatic rings. The maximum absolute atomic E-state index is 12.3. The molecule has 0 aliphatic carbocycles. The zero-order valence-electron chi connectivity index (χ0n) is 12.7. The third-order valence-electron chi connectivity index (χ3n) is 3.46. The lowest BCUT2D eigenvalue weighted by atomic mass is 10.1. The number of carbonyl (C=O) groups excluding carboxylic acids is 3. The highest BCUT2D eigenvalue weighted by Crippen LogP contribution is 2.18. The fourth-order valence-corrected chi connectivity index (χ4v) is 2.27. The van der Waals surface area contributed by atoms with Gasteiger partial charge in [-0.3, -0.25) is 9.78 Å². The lowest BCUT2D eigenvalue weighted by Crippen LogP contribution is -2.20. The van der Waals surface area contributed by atoms with Gasteiger partial charge in [0.25, 0.3) is 5.91 Å². The maximum Gasteiger partial charge on any atom is 0.346 e. The molecule has 0 saturated carbocycles. The number of H-pyrrole nitrogens is 1. The number of carbonyl (C=O) groups is 3. The van der Waals surface area contributed by atoms with Crippen LogP contribution in [0.3, 0.4) is 0 Å². The van der Waals surface area contributed by atoms with Gasteiger partial charge in [0.15, 0.2) is 0 Å². The van der Waals surface area contributed by atoms with E-state index in [9.17, 15) is 14.4 Å². The van der Waals surface area contributed by atoms with E-state index in [-0.39, 0.29) is 16.8 Å². The monoisotopic (exact) mass is 323 g/mol. The number of benzene rings is 1. The number of hydrogen-bond donors (Lipinski definition) is 2. The first-order valence-corrected chi connectivity index (χ1v) is 7.11. The Morgan fingerprint density at radius 2 is 1.96 bits per heavy atom. The highest BCUT2D eigenvalue weighted by molar-refractivity contribution is 6.09. The topological polar surface area (TPSA) is 101 Å². The van der Waals surface area contributed by atoms with Crippen molar-refractivity contribution in [2.45, 2.75) is 0 Å². The third-order valence-corrected chi connectivity index (χ3v) is 3.46. The molecule has 3 rings (SSSR count). The summed E-state index contributed by atoms with van der Waals surface area (Å²) in [5.41, 5.74) is 1.18. The van der Waals surface area contributed by atoms with Gasteiger partial charge in [0.05, 0.1) is 11.1 Å². The summed E-state index contributed by atoms with van der Waals surface area (Å²) in [6.45, 7) is 0. The highest BCUT2D eigenvalue weighted by atomic mass is 16.6. The van der Waals surface area contributed by atoms with Crippen molar-refractivity contribution in [1.29, 1.82) is 0 Å². The Balaban J connectivity index is 1.83. The molecular formula is C17H13N3O4. The van der Waals surface area contributed by atoms with Gasteiger partial charge in [-0.1, -0.05) is 6.07 Å². The summed E-state index contributed by atoms with van der Waals surface area (Å²) in [5, 5.41) is 3.07. The molecule has 0 unspecified atom stereocenters. The molecule has 0 atom stereocenters. The molecule has 0 aliphatic rings. The van der Waals surface area contributed by atoms with E-state index in [4.69, 9.17) is 4.74 Å². The van der Waals surface area contributed by atoms with Gasteiger partial charge >= 0.3 is 11.9 Å². The molecule has 7 heteroatoms. The van der Waals surface area contributed by atoms with E-state index in [1.54, 1.807) is 24.4 Å². The molecule has 2 aromatic heterocycles. The summed E-state index contributed by atoms with van der Waals surface area (Å²) in [5.74, 6) is -2.04. The van der Waals surface area contributed by atoms with E-state index in [0.717, 1.165) is 5.52 Å². The number of esters is 2. The molecule has 0 spiro atoms. The van der Waals surface area contributed by atoms with Crippen LogP contribution >= 0.6 is 0 Å². The molecular weight excluding hydrogens is 310 g/mol. The molecule has 0 aliphatic heterocycles. The van der Waals surface area contributed by atoms with E-state index in [1.165, 1.54) is 25.4 Å². The van der Waals surface area contributed by atoms with Crippen molar-refractivity contribution < 1.29 is 19.1 Å². The first-order chi connectivity index (χ1) is 11.6. The summed E-state index contributed by atoms with van der Waals surface area (Å²) in [6, 6.07) is 9.45. The van der Waals surface area contributed by atoms with Crippen LogP contribution in [0.5, 0.6) is 0 Å². The van der Waals surface area contributed by atoms with Crippen molar-refractivity contribution >= 4 is 28.7 Å². The van der Waals surface area contributed by atoms with Gasteiger partial charge in [-0.2, -0.15) is 0 Å². The van der Waals surface area contributed by atoms with Crippen LogP contribution in [-0.4, -0.2) is 34.9 Å². The van der Waals surface area contributed by atoms with Crippen molar-refractivity contribution in [1.82, 2.24) is 15.3 Å². The highest BCUT2D eigenvalue weighted by Gasteiger charge is 2.18. The smallest absolute Gasteiger partial charge is 0.346 e. The minimum absolute atomic E-state index is 0.0622. The van der Waals surface area contributed by atoms with Crippen LogP contribution < -0.4 is 5.32 Å². The van der Waals surface area contributed by atoms with E-state index in [1.807, 2.05) is 6.07 Å². The number of aromatic amines is 1. The van der Waals surface area contributed by atoms with Crippen molar-refractivity contribution in [2.24, 2.45) is 0 Å². The number of hydrogen-bond acceptors (Lipinski definition) is 5. The molecule has 0 radical (unpaired) electrons. The first kappa shape index (κ1) is 15.4. The molecule has 1 amide bonds. The van der Waals surface area contributed by atoms with Crippen LogP contribution in [0, 0.1) is 0 Å². The van der Waals surface area contributed by atoms with Crippen molar-refractivity contribution in [3.05, 3.63) is 65.6 Å². The van der Waals surface area contributed by atoms with Gasteiger partial charge in [0.2, 0.25) is 0 Å². The van der Waals surface area contributed by atoms with Crippen LogP contribution in [0.25, 0.3) is 10.9 Å². The van der Waals surface area contributed by atoms with Gasteiger partial charge in [-0.05, 0) is 30.3 Å². The molecule has 0 bridgehead atoms. The zero-order valence-corrected chi connectivity index (χ0v) is 12.7. The largest absolute Gasteiger partial charge is 0.386 e. The average Bonchev–Trinajstić information content (AvgIpc) is 3.09. The summed E-state index contributed by atoms with van der Waals surface area (Å²) >= 11 is 0. The number of pyridine rings is 1. The zero-order chi connectivity index (χ0) is 17.1. The quantitative estimate of drug-likeness (QED) is 0.566. The van der Waals surface area contributed by atoms with Gasteiger partial charge in [0.1, 0.15) is 5.69 Å². The Bertz CT molecular complexity index is 946. The predicted octanol–water partition coefficient (Wildman–Crippen LogP) is 1.92. The maximum atomic E-state index is 12.3. The number of amides is 1. The molecule has 1 aromatic carbocycles. The Kier molecular flexibility index (Phi) is 4.07. The number of nitrogens with zero attached hydrogens (tertiary/aromatic N) is 1. The lowest BCUT2D eigenvalue weighted by molar-refractivity contribution is 0.0399. The number of ether oxygens (including phenoxy) is 1. The standard InChI is InChI=1S/C17H13N3O4/c1-18-15(21)14-9-10(5-7-20-14)16(22)24-17(23)12-3-2-4-13-11(12)6-8-19-13/h2-9,19H,1H3,(H,18,21). The van der Waals surface area contributed by atoms with Crippen LogP contribution in [0.15, 0.2) is 48.8 Å². The predicted molar refractivity (Wildman–Crippen MR) is 85.7 cm³/mol. The Morgan fingerprint density at radius 1 is 1.12 bits per heavy atom. The number of rotatable bonds is 3. The Morgan fingerprint density at radius 3 is 2.75 bits per heavy atom. The van der Waals surface area contributed by atoms with Crippen LogP contribution in [0.2, 0.25) is 0 Å². The van der Waals surface area contributed by atoms with Crippen molar-refractivity contribution in [2.75, 3.05) is 7.05 Å². The summed E-state index contributed by atoms with van der Waals surface area (Å²) in [4.78, 5) is 42.8. The lowest BCUT2D eigenvalue weighted by Gasteiger charge is -2.05. The van der Waals surface area contributed by atoms with Gasteiger partial charge in [0, 0.05) is 30.3 Å². The summed E-state index contributed by atoms with van der Waals surface area (Å²) in [6.07, 6.45) is 3.00. The van der Waals surface area contributed by atoms with Crippen LogP contribution in [0.1, 0.15) is 31.2 Å². The minimum Gasteiger partial charge on any atom is -0.386 e. The van der Waals surface area contributed by atoms with Gasteiger partial charge in [-0.25, -0.2) is 9.59 Å². The summed E-state index contributed by atoms with van der Waals surface area (Å²) < 4.78 is 4.92. The molecule has 0 fully saturated rings. The Labute approximate surface area is 136 Å². The number of aromatic nitrogens is 2. The second kappa shape index (κ2) is 6.33. The second-order valence-corrected chi connectivity index (χ2v) is 4.93. The molecule has 0 saturated heterocycles. The molecule has 2 heterocycles. The first-order valence-electron chi connectivity index (χ1n) is 7.11. The fraction of sp³-hybridized carbons (Fsp3) is 0.0588. The average molecular weight is 323 g/mol. The minimum atomic E-state index is -0.847. The number of nitrogens with one attached hydrogen (secondary N) is 2. The molecule has 120 valence electrons. The van der Waals surface area contributed by atoms with Gasteiger partial charge in [-0.15, -0.1) is 0 Å². The number of fused-ring (bicyclic) bond motifs is 1. The van der Waals surface area contributed by atoms with Gasteiger partial charge < -0.3 is 15.0 Å². The molecule has 7 nitrogen and oxygen atoms in total. The van der Waals surface area contributed by atoms with E-state index in [0.29, 0.717) is 5.39 Å². The summed E-state index contributed by atoms with van der Waals surface area (Å²) in [7, 11) is 1.45. The molecule has 24 heavy (non-hydrogen) atoms. The van der Waals surface area contributed by atoms with E-state index < -0.39 is 17.8 Å². The second-order valence-electron chi connectivity index (χ2n) is 4.93. The van der Waals surface area contributed by atoms with Crippen molar-refractivity contribution in [3.63, 3.8) is 0 Å².